The van der Waals surface area contributed by atoms with Crippen LogP contribution in [0.5, 0.6) is 5.75 Å². The zero-order valence-corrected chi connectivity index (χ0v) is 17.9. The van der Waals surface area contributed by atoms with Crippen LogP contribution in [-0.2, 0) is 4.79 Å². The highest BCUT2D eigenvalue weighted by Crippen LogP contribution is 2.26. The third-order valence-corrected chi connectivity index (χ3v) is 6.18. The average Bonchev–Trinajstić information content (AvgIpc) is 2.74. The summed E-state index contributed by atoms with van der Waals surface area (Å²) in [7, 11) is 0. The van der Waals surface area contributed by atoms with Gasteiger partial charge in [-0.25, -0.2) is 4.79 Å². The summed E-state index contributed by atoms with van der Waals surface area (Å²) < 4.78 is 5.90. The number of urea groups is 1. The number of amides is 3. The molecule has 2 unspecified atom stereocenters. The molecule has 3 rings (SSSR count). The Bertz CT molecular complexity index is 694. The Balaban J connectivity index is 1.47. The summed E-state index contributed by atoms with van der Waals surface area (Å²) in [6.07, 6.45) is 7.98. The number of benzene rings is 1. The fourth-order valence-electron chi connectivity index (χ4n) is 4.19. The number of nitrogens with zero attached hydrogens (tertiary/aromatic N) is 1. The van der Waals surface area contributed by atoms with Crippen LogP contribution in [-0.4, -0.2) is 48.1 Å². The summed E-state index contributed by atoms with van der Waals surface area (Å²) in [6.45, 7) is 3.15. The molecule has 0 bridgehead atoms. The van der Waals surface area contributed by atoms with Gasteiger partial charge in [-0.05, 0) is 44.2 Å². The number of nitrogens with one attached hydrogen (secondary N) is 2. The second-order valence-corrected chi connectivity index (χ2v) is 8.36. The molecule has 0 spiro atoms. The smallest absolute Gasteiger partial charge is 0.315 e. The molecular weight excluding hydrogens is 390 g/mol. The number of rotatable bonds is 7. The maximum Gasteiger partial charge on any atom is 0.315 e. The number of carbonyl (C=O) groups excluding carboxylic acids is 2. The minimum Gasteiger partial charge on any atom is -0.487 e. The Morgan fingerprint density at radius 3 is 2.69 bits per heavy atom. The van der Waals surface area contributed by atoms with E-state index in [9.17, 15) is 9.59 Å². The van der Waals surface area contributed by atoms with Gasteiger partial charge in [0.15, 0.2) is 0 Å². The van der Waals surface area contributed by atoms with Gasteiger partial charge in [0.1, 0.15) is 17.9 Å². The number of halogens is 1. The van der Waals surface area contributed by atoms with E-state index in [-0.39, 0.29) is 18.0 Å². The molecule has 2 fully saturated rings. The van der Waals surface area contributed by atoms with Crippen LogP contribution in [0.1, 0.15) is 58.3 Å². The van der Waals surface area contributed by atoms with Gasteiger partial charge in [-0.1, -0.05) is 49.9 Å². The minimum absolute atomic E-state index is 0.0673. The first-order chi connectivity index (χ1) is 14.1. The van der Waals surface area contributed by atoms with Crippen LogP contribution in [0.2, 0.25) is 5.02 Å². The van der Waals surface area contributed by atoms with E-state index >= 15 is 0 Å². The Morgan fingerprint density at radius 2 is 1.97 bits per heavy atom. The second kappa shape index (κ2) is 10.7. The molecule has 1 aromatic rings. The van der Waals surface area contributed by atoms with Crippen LogP contribution < -0.4 is 15.4 Å². The fourth-order valence-corrected chi connectivity index (χ4v) is 4.37. The monoisotopic (exact) mass is 421 g/mol. The first-order valence-corrected chi connectivity index (χ1v) is 11.2. The highest BCUT2D eigenvalue weighted by molar-refractivity contribution is 6.32. The van der Waals surface area contributed by atoms with E-state index in [1.165, 1.54) is 19.3 Å². The number of carbonyl (C=O) groups is 2. The van der Waals surface area contributed by atoms with Crippen molar-refractivity contribution in [3.05, 3.63) is 29.3 Å². The van der Waals surface area contributed by atoms with Crippen molar-refractivity contribution < 1.29 is 14.3 Å². The molecule has 1 aromatic carbocycles. The molecule has 1 heterocycles. The van der Waals surface area contributed by atoms with Crippen molar-refractivity contribution in [2.45, 2.75) is 76.5 Å². The van der Waals surface area contributed by atoms with Gasteiger partial charge in [0.05, 0.1) is 11.6 Å². The first-order valence-electron chi connectivity index (χ1n) is 10.8. The molecule has 1 saturated carbocycles. The third-order valence-electron chi connectivity index (χ3n) is 5.87. The molecule has 3 amide bonds. The molecule has 6 nitrogen and oxygen atoms in total. The highest BCUT2D eigenvalue weighted by Gasteiger charge is 2.34. The third kappa shape index (κ3) is 6.01. The van der Waals surface area contributed by atoms with Crippen molar-refractivity contribution in [3.8, 4) is 5.75 Å². The minimum atomic E-state index is -0.435. The summed E-state index contributed by atoms with van der Waals surface area (Å²) in [4.78, 5) is 27.3. The van der Waals surface area contributed by atoms with Gasteiger partial charge in [0.2, 0.25) is 5.91 Å². The molecular formula is C22H32ClN3O3. The highest BCUT2D eigenvalue weighted by atomic mass is 35.5. The second-order valence-electron chi connectivity index (χ2n) is 7.95. The van der Waals surface area contributed by atoms with E-state index in [0.29, 0.717) is 29.8 Å². The average molecular weight is 422 g/mol. The first kappa shape index (κ1) is 21.8. The fraction of sp³-hybridized carbons (Fsp3) is 0.636. The zero-order chi connectivity index (χ0) is 20.6. The Morgan fingerprint density at radius 1 is 1.21 bits per heavy atom. The van der Waals surface area contributed by atoms with E-state index in [2.05, 4.69) is 10.6 Å². The number of para-hydroxylation sites is 1. The molecule has 1 aliphatic heterocycles. The summed E-state index contributed by atoms with van der Waals surface area (Å²) in [5.41, 5.74) is 0. The summed E-state index contributed by atoms with van der Waals surface area (Å²) in [6, 6.07) is 6.88. The quantitative estimate of drug-likeness (QED) is 0.695. The van der Waals surface area contributed by atoms with Crippen molar-refractivity contribution in [2.24, 2.45) is 0 Å². The summed E-state index contributed by atoms with van der Waals surface area (Å²) >= 11 is 6.14. The molecule has 7 heteroatoms. The normalized spacial score (nSPS) is 21.5. The molecule has 0 radical (unpaired) electrons. The number of hydrogen-bond donors (Lipinski definition) is 2. The van der Waals surface area contributed by atoms with Gasteiger partial charge in [0.25, 0.3) is 0 Å². The van der Waals surface area contributed by atoms with Crippen molar-refractivity contribution in [1.82, 2.24) is 15.5 Å². The van der Waals surface area contributed by atoms with Crippen LogP contribution in [0.3, 0.4) is 0 Å². The Hall–Kier alpha value is -1.95. The zero-order valence-electron chi connectivity index (χ0n) is 17.2. The maximum absolute atomic E-state index is 12.9. The van der Waals surface area contributed by atoms with Crippen molar-refractivity contribution in [2.75, 3.05) is 13.1 Å². The lowest BCUT2D eigenvalue weighted by Gasteiger charge is -2.39. The molecule has 2 N–H and O–H groups in total. The topological polar surface area (TPSA) is 70.7 Å². The lowest BCUT2D eigenvalue weighted by Crippen LogP contribution is -2.57. The summed E-state index contributed by atoms with van der Waals surface area (Å²) in [5.74, 6) is 0.673. The number of ether oxygens (including phenoxy) is 1. The van der Waals surface area contributed by atoms with E-state index in [1.54, 1.807) is 6.07 Å². The van der Waals surface area contributed by atoms with Gasteiger partial charge in [0, 0.05) is 12.6 Å². The number of hydrogen-bond acceptors (Lipinski definition) is 3. The van der Waals surface area contributed by atoms with Crippen LogP contribution in [0, 0.1) is 0 Å². The Kier molecular flexibility index (Phi) is 8.04. The SMILES string of the molecule is CCC(CNC(=O)NC1CCCN(C2CCCCC2)C1=O)Oc1ccccc1Cl. The number of likely N-dealkylation sites (tertiary alicyclic amines) is 1. The van der Waals surface area contributed by atoms with Crippen molar-refractivity contribution in [3.63, 3.8) is 0 Å². The van der Waals surface area contributed by atoms with E-state index < -0.39 is 6.04 Å². The molecule has 1 saturated heterocycles. The van der Waals surface area contributed by atoms with Crippen LogP contribution in [0.4, 0.5) is 4.79 Å². The van der Waals surface area contributed by atoms with Gasteiger partial charge in [-0.3, -0.25) is 4.79 Å². The van der Waals surface area contributed by atoms with Gasteiger partial charge in [-0.15, -0.1) is 0 Å². The molecule has 29 heavy (non-hydrogen) atoms. The van der Waals surface area contributed by atoms with Gasteiger partial charge in [-0.2, -0.15) is 0 Å². The van der Waals surface area contributed by atoms with Crippen molar-refractivity contribution >= 4 is 23.5 Å². The number of piperidine rings is 1. The van der Waals surface area contributed by atoms with Gasteiger partial charge < -0.3 is 20.3 Å². The van der Waals surface area contributed by atoms with Crippen molar-refractivity contribution in [1.29, 1.82) is 0 Å². The van der Waals surface area contributed by atoms with Crippen LogP contribution >= 0.6 is 11.6 Å². The lowest BCUT2D eigenvalue weighted by molar-refractivity contribution is -0.138. The predicted molar refractivity (Wildman–Crippen MR) is 114 cm³/mol. The molecule has 2 atom stereocenters. The maximum atomic E-state index is 12.9. The van der Waals surface area contributed by atoms with E-state index in [1.807, 2.05) is 30.0 Å². The molecule has 160 valence electrons. The molecule has 0 aromatic heterocycles. The predicted octanol–water partition coefficient (Wildman–Crippen LogP) is 4.12. The molecule has 2 aliphatic rings. The Labute approximate surface area is 178 Å². The van der Waals surface area contributed by atoms with Crippen LogP contribution in [0.25, 0.3) is 0 Å². The van der Waals surface area contributed by atoms with E-state index in [4.69, 9.17) is 16.3 Å². The standard InChI is InChI=1S/C22H32ClN3O3/c1-2-17(29-20-13-7-6-11-18(20)23)15-24-22(28)25-19-12-8-14-26(21(19)27)16-9-4-3-5-10-16/h6-7,11,13,16-17,19H,2-5,8-10,12,14-15H2,1H3,(H2,24,25,28). The van der Waals surface area contributed by atoms with E-state index in [0.717, 1.165) is 32.2 Å². The largest absolute Gasteiger partial charge is 0.487 e. The van der Waals surface area contributed by atoms with Gasteiger partial charge >= 0.3 is 6.03 Å². The molecule has 1 aliphatic carbocycles. The lowest BCUT2D eigenvalue weighted by atomic mass is 9.91. The van der Waals surface area contributed by atoms with Crippen LogP contribution in [0.15, 0.2) is 24.3 Å². The summed E-state index contributed by atoms with van der Waals surface area (Å²) in [5, 5.41) is 6.26.